The number of ether oxygens (including phenoxy) is 1. The molecule has 1 amide bonds. The van der Waals surface area contributed by atoms with E-state index >= 15 is 0 Å². The van der Waals surface area contributed by atoms with E-state index in [-0.39, 0.29) is 0 Å². The van der Waals surface area contributed by atoms with Crippen LogP contribution in [0.15, 0.2) is 30.3 Å². The molecule has 0 aliphatic heterocycles. The lowest BCUT2D eigenvalue weighted by Gasteiger charge is -2.11. The second-order valence-corrected chi connectivity index (χ2v) is 4.64. The second-order valence-electron chi connectivity index (χ2n) is 4.64. The third kappa shape index (κ3) is 3.47. The molecule has 0 atom stereocenters. The molecule has 0 saturated carbocycles. The van der Waals surface area contributed by atoms with Gasteiger partial charge in [-0.3, -0.25) is 10.3 Å². The van der Waals surface area contributed by atoms with Crippen molar-refractivity contribution >= 4 is 22.7 Å². The molecule has 0 radical (unpaired) electrons. The van der Waals surface area contributed by atoms with E-state index in [1.54, 1.807) is 0 Å². The summed E-state index contributed by atoms with van der Waals surface area (Å²) in [6.07, 6.45) is 2.23. The molecule has 0 spiro atoms. The van der Waals surface area contributed by atoms with Crippen LogP contribution in [-0.4, -0.2) is 17.7 Å². The molecule has 0 bridgehead atoms. The zero-order valence-corrected chi connectivity index (χ0v) is 12.0. The number of carbonyl (C=O) groups is 1. The zero-order chi connectivity index (χ0) is 14.4. The topological polar surface area (TPSA) is 51.2 Å². The number of nitrogens with zero attached hydrogens (tertiary/aromatic N) is 1. The van der Waals surface area contributed by atoms with Crippen molar-refractivity contribution in [1.82, 2.24) is 4.98 Å². The Morgan fingerprint density at radius 2 is 2.10 bits per heavy atom. The van der Waals surface area contributed by atoms with Crippen LogP contribution in [0.2, 0.25) is 0 Å². The third-order valence-electron chi connectivity index (χ3n) is 3.11. The fourth-order valence-electron chi connectivity index (χ4n) is 1.99. The predicted molar refractivity (Wildman–Crippen MR) is 81.0 cm³/mol. The maximum Gasteiger partial charge on any atom is 0.411 e. The minimum atomic E-state index is -0.412. The van der Waals surface area contributed by atoms with Crippen molar-refractivity contribution in [3.8, 4) is 0 Å². The quantitative estimate of drug-likeness (QED) is 0.832. The number of hydrogen-bond acceptors (Lipinski definition) is 3. The number of aromatic nitrogens is 1. The van der Waals surface area contributed by atoms with Crippen LogP contribution in [0, 0.1) is 0 Å². The lowest BCUT2D eigenvalue weighted by Crippen LogP contribution is -2.16. The molecular formula is C16H20N2O2. The van der Waals surface area contributed by atoms with E-state index in [9.17, 15) is 4.79 Å². The van der Waals surface area contributed by atoms with Gasteiger partial charge < -0.3 is 4.74 Å². The van der Waals surface area contributed by atoms with Gasteiger partial charge in [0.1, 0.15) is 0 Å². The van der Waals surface area contributed by atoms with Gasteiger partial charge >= 0.3 is 6.09 Å². The summed E-state index contributed by atoms with van der Waals surface area (Å²) < 4.78 is 5.12. The normalized spacial score (nSPS) is 10.5. The van der Waals surface area contributed by atoms with Gasteiger partial charge in [0.2, 0.25) is 0 Å². The molecule has 4 nitrogen and oxygen atoms in total. The van der Waals surface area contributed by atoms with Crippen LogP contribution < -0.4 is 5.32 Å². The number of amides is 1. The molecule has 2 aromatic rings. The smallest absolute Gasteiger partial charge is 0.411 e. The highest BCUT2D eigenvalue weighted by Gasteiger charge is 2.09. The maximum atomic E-state index is 11.7. The summed E-state index contributed by atoms with van der Waals surface area (Å²) in [5, 5.41) is 3.80. The van der Waals surface area contributed by atoms with Crippen LogP contribution in [-0.2, 0) is 11.2 Å². The molecule has 1 aromatic carbocycles. The summed E-state index contributed by atoms with van der Waals surface area (Å²) in [6.45, 7) is 4.53. The SMILES string of the molecule is CCCCOC(=O)Nc1cc2ccccc2nc1CC. The number of carbonyl (C=O) groups excluding carboxylic acids is 1. The minimum Gasteiger partial charge on any atom is -0.449 e. The Bertz CT molecular complexity index is 596. The second kappa shape index (κ2) is 6.89. The van der Waals surface area contributed by atoms with Gasteiger partial charge in [-0.2, -0.15) is 0 Å². The largest absolute Gasteiger partial charge is 0.449 e. The molecule has 1 N–H and O–H groups in total. The highest BCUT2D eigenvalue weighted by molar-refractivity contribution is 5.90. The van der Waals surface area contributed by atoms with Crippen LogP contribution in [0.25, 0.3) is 10.9 Å². The first-order valence-electron chi connectivity index (χ1n) is 7.07. The van der Waals surface area contributed by atoms with Crippen LogP contribution in [0.1, 0.15) is 32.4 Å². The van der Waals surface area contributed by atoms with Crippen molar-refractivity contribution in [2.75, 3.05) is 11.9 Å². The van der Waals surface area contributed by atoms with E-state index in [1.165, 1.54) is 0 Å². The number of fused-ring (bicyclic) bond motifs is 1. The van der Waals surface area contributed by atoms with Gasteiger partial charge in [0.05, 0.1) is 23.5 Å². The summed E-state index contributed by atoms with van der Waals surface area (Å²) in [5.74, 6) is 0. The van der Waals surface area contributed by atoms with Crippen LogP contribution in [0.4, 0.5) is 10.5 Å². The van der Waals surface area contributed by atoms with E-state index in [4.69, 9.17) is 4.74 Å². The van der Waals surface area contributed by atoms with Gasteiger partial charge in [0.15, 0.2) is 0 Å². The molecule has 1 aromatic heterocycles. The number of rotatable bonds is 5. The number of unbranched alkanes of at least 4 members (excludes halogenated alkanes) is 1. The fourth-order valence-corrected chi connectivity index (χ4v) is 1.99. The molecule has 4 heteroatoms. The summed E-state index contributed by atoms with van der Waals surface area (Å²) in [6, 6.07) is 9.81. The predicted octanol–water partition coefficient (Wildman–Crippen LogP) is 4.15. The van der Waals surface area contributed by atoms with Crippen LogP contribution >= 0.6 is 0 Å². The average molecular weight is 272 g/mol. The Morgan fingerprint density at radius 3 is 2.85 bits per heavy atom. The summed E-state index contributed by atoms with van der Waals surface area (Å²) in [7, 11) is 0. The molecule has 1 heterocycles. The van der Waals surface area contributed by atoms with Crippen molar-refractivity contribution in [3.05, 3.63) is 36.0 Å². The van der Waals surface area contributed by atoms with E-state index in [0.717, 1.165) is 41.5 Å². The van der Waals surface area contributed by atoms with Crippen molar-refractivity contribution < 1.29 is 9.53 Å². The molecule has 20 heavy (non-hydrogen) atoms. The first-order chi connectivity index (χ1) is 9.74. The van der Waals surface area contributed by atoms with Crippen LogP contribution in [0.3, 0.4) is 0 Å². The van der Waals surface area contributed by atoms with Gasteiger partial charge in [0.25, 0.3) is 0 Å². The van der Waals surface area contributed by atoms with Gasteiger partial charge in [0, 0.05) is 5.39 Å². The third-order valence-corrected chi connectivity index (χ3v) is 3.11. The summed E-state index contributed by atoms with van der Waals surface area (Å²) in [5.41, 5.74) is 2.54. The Labute approximate surface area is 119 Å². The van der Waals surface area contributed by atoms with Crippen molar-refractivity contribution in [3.63, 3.8) is 0 Å². The Hall–Kier alpha value is -2.10. The number of aryl methyl sites for hydroxylation is 1. The summed E-state index contributed by atoms with van der Waals surface area (Å²) >= 11 is 0. The van der Waals surface area contributed by atoms with Gasteiger partial charge in [-0.1, -0.05) is 38.5 Å². The standard InChI is InChI=1S/C16H20N2O2/c1-3-5-10-20-16(19)18-15-11-12-8-6-7-9-14(12)17-13(15)4-2/h6-9,11H,3-5,10H2,1-2H3,(H,18,19). The molecule has 2 rings (SSSR count). The highest BCUT2D eigenvalue weighted by atomic mass is 16.5. The van der Waals surface area contributed by atoms with Gasteiger partial charge in [-0.05, 0) is 25.0 Å². The number of nitrogens with one attached hydrogen (secondary N) is 1. The van der Waals surface area contributed by atoms with E-state index in [0.29, 0.717) is 6.61 Å². The van der Waals surface area contributed by atoms with Crippen molar-refractivity contribution in [2.24, 2.45) is 0 Å². The number of benzene rings is 1. The first kappa shape index (κ1) is 14.3. The lowest BCUT2D eigenvalue weighted by molar-refractivity contribution is 0.160. The molecule has 0 aliphatic carbocycles. The first-order valence-corrected chi connectivity index (χ1v) is 7.07. The van der Waals surface area contributed by atoms with Crippen LogP contribution in [0.5, 0.6) is 0 Å². The number of pyridine rings is 1. The monoisotopic (exact) mass is 272 g/mol. The Kier molecular flexibility index (Phi) is 4.93. The fraction of sp³-hybridized carbons (Fsp3) is 0.375. The molecule has 0 fully saturated rings. The molecule has 106 valence electrons. The Morgan fingerprint density at radius 1 is 1.30 bits per heavy atom. The highest BCUT2D eigenvalue weighted by Crippen LogP contribution is 2.21. The Balaban J connectivity index is 2.17. The molecule has 0 aliphatic rings. The average Bonchev–Trinajstić information content (AvgIpc) is 2.46. The minimum absolute atomic E-state index is 0.412. The van der Waals surface area contributed by atoms with E-state index < -0.39 is 6.09 Å². The summed E-state index contributed by atoms with van der Waals surface area (Å²) in [4.78, 5) is 16.3. The van der Waals surface area contributed by atoms with Crippen molar-refractivity contribution in [1.29, 1.82) is 0 Å². The maximum absolute atomic E-state index is 11.7. The number of hydrogen-bond donors (Lipinski definition) is 1. The van der Waals surface area contributed by atoms with E-state index in [2.05, 4.69) is 17.2 Å². The van der Waals surface area contributed by atoms with E-state index in [1.807, 2.05) is 37.3 Å². The molecular weight excluding hydrogens is 252 g/mol. The number of anilines is 1. The molecule has 0 saturated heterocycles. The lowest BCUT2D eigenvalue weighted by atomic mass is 10.1. The zero-order valence-electron chi connectivity index (χ0n) is 12.0. The number of para-hydroxylation sites is 1. The molecule has 0 unspecified atom stereocenters. The van der Waals surface area contributed by atoms with Gasteiger partial charge in [-0.15, -0.1) is 0 Å². The van der Waals surface area contributed by atoms with Crippen molar-refractivity contribution in [2.45, 2.75) is 33.1 Å². The van der Waals surface area contributed by atoms with Gasteiger partial charge in [-0.25, -0.2) is 4.79 Å².